The third-order valence-electron chi connectivity index (χ3n) is 5.34. The number of amides is 4. The second-order valence-corrected chi connectivity index (χ2v) is 7.17. The Labute approximate surface area is 168 Å². The van der Waals surface area contributed by atoms with Gasteiger partial charge in [0.25, 0.3) is 0 Å². The lowest BCUT2D eigenvalue weighted by molar-refractivity contribution is -0.143. The minimum absolute atomic E-state index is 0.140. The van der Waals surface area contributed by atoms with Gasteiger partial charge < -0.3 is 20.4 Å². The van der Waals surface area contributed by atoms with Crippen LogP contribution in [-0.2, 0) is 19.2 Å². The Balaban J connectivity index is 1.66. The van der Waals surface area contributed by atoms with Gasteiger partial charge in [0.05, 0.1) is 18.5 Å². The number of nitrogens with one attached hydrogen (secondary N) is 2. The molecule has 2 aliphatic heterocycles. The average molecular weight is 397 g/mol. The van der Waals surface area contributed by atoms with Gasteiger partial charge in [-0.25, -0.2) is 0 Å². The molecule has 0 spiro atoms. The molecule has 1 aromatic carbocycles. The molecule has 152 valence electrons. The number of benzene rings is 1. The number of carbonyl (C=O) groups is 4. The number of anilines is 1. The second kappa shape index (κ2) is 9.19. The third-order valence-corrected chi connectivity index (χ3v) is 5.34. The summed E-state index contributed by atoms with van der Waals surface area (Å²) >= 11 is 0. The molecule has 9 heteroatoms. The van der Waals surface area contributed by atoms with Crippen LogP contribution < -0.4 is 10.6 Å². The van der Waals surface area contributed by atoms with E-state index in [9.17, 15) is 24.4 Å². The van der Waals surface area contributed by atoms with Gasteiger partial charge >= 0.3 is 0 Å². The molecule has 2 heterocycles. The number of nitriles is 1. The van der Waals surface area contributed by atoms with E-state index < -0.39 is 18.0 Å². The van der Waals surface area contributed by atoms with Crippen molar-refractivity contribution in [3.05, 3.63) is 30.3 Å². The predicted molar refractivity (Wildman–Crippen MR) is 103 cm³/mol. The van der Waals surface area contributed by atoms with Crippen LogP contribution in [0.15, 0.2) is 30.3 Å². The second-order valence-electron chi connectivity index (χ2n) is 7.17. The molecule has 2 N–H and O–H groups in total. The highest BCUT2D eigenvalue weighted by Crippen LogP contribution is 2.28. The summed E-state index contributed by atoms with van der Waals surface area (Å²) in [5, 5.41) is 14.6. The first kappa shape index (κ1) is 20.3. The van der Waals surface area contributed by atoms with Crippen LogP contribution in [0, 0.1) is 17.2 Å². The highest BCUT2D eigenvalue weighted by molar-refractivity contribution is 5.94. The van der Waals surface area contributed by atoms with Crippen molar-refractivity contribution in [3.63, 3.8) is 0 Å². The molecule has 9 nitrogen and oxygen atoms in total. The molecule has 2 aliphatic rings. The summed E-state index contributed by atoms with van der Waals surface area (Å²) in [5.74, 6) is -1.38. The smallest absolute Gasteiger partial charge is 0.246 e. The minimum Gasteiger partial charge on any atom is -0.350 e. The molecule has 0 radical (unpaired) electrons. The van der Waals surface area contributed by atoms with E-state index in [1.54, 1.807) is 12.1 Å². The van der Waals surface area contributed by atoms with Gasteiger partial charge in [-0.05, 0) is 31.4 Å². The van der Waals surface area contributed by atoms with Crippen molar-refractivity contribution in [2.45, 2.75) is 31.3 Å². The van der Waals surface area contributed by atoms with Crippen molar-refractivity contribution in [2.24, 2.45) is 5.92 Å². The van der Waals surface area contributed by atoms with Crippen molar-refractivity contribution in [3.8, 4) is 6.07 Å². The lowest BCUT2D eigenvalue weighted by atomic mass is 10.1. The third kappa shape index (κ3) is 4.54. The van der Waals surface area contributed by atoms with Crippen LogP contribution >= 0.6 is 0 Å². The quantitative estimate of drug-likeness (QED) is 0.660. The van der Waals surface area contributed by atoms with Crippen LogP contribution in [0.2, 0.25) is 0 Å². The Hall–Kier alpha value is -3.41. The van der Waals surface area contributed by atoms with Crippen LogP contribution in [0.3, 0.4) is 0 Å². The number of hydrogen-bond acceptors (Lipinski definition) is 5. The summed E-state index contributed by atoms with van der Waals surface area (Å²) < 4.78 is 0. The monoisotopic (exact) mass is 397 g/mol. The molecule has 0 aromatic heterocycles. The van der Waals surface area contributed by atoms with Gasteiger partial charge in [0.1, 0.15) is 12.1 Å². The Morgan fingerprint density at radius 3 is 2.66 bits per heavy atom. The van der Waals surface area contributed by atoms with Crippen LogP contribution in [-0.4, -0.2) is 65.6 Å². The lowest BCUT2D eigenvalue weighted by Gasteiger charge is -2.29. The van der Waals surface area contributed by atoms with E-state index in [4.69, 9.17) is 0 Å². The standard InChI is InChI=1S/C20H23N5O4/c21-10-16-9-14(19(28)23-15-5-2-1-3-6-15)12-25(16)20(29)17-7-4-8-24(17)18(27)11-22-13-26/h1-3,5-6,13-14,16-17H,4,7-9,11-12H2,(H,22,26)(H,23,28). The predicted octanol–water partition coefficient (Wildman–Crippen LogP) is 0.103. The average Bonchev–Trinajstić information content (AvgIpc) is 3.39. The van der Waals surface area contributed by atoms with Gasteiger partial charge in [-0.15, -0.1) is 0 Å². The Bertz CT molecular complexity index is 822. The van der Waals surface area contributed by atoms with Crippen molar-refractivity contribution in [2.75, 3.05) is 25.0 Å². The van der Waals surface area contributed by atoms with Gasteiger partial charge in [-0.2, -0.15) is 5.26 Å². The van der Waals surface area contributed by atoms with Crippen LogP contribution in [0.1, 0.15) is 19.3 Å². The minimum atomic E-state index is -0.709. The SMILES string of the molecule is N#CC1CC(C(=O)Nc2ccccc2)CN1C(=O)C1CCCN1C(=O)CNC=O. The molecule has 0 aliphatic carbocycles. The Kier molecular flexibility index (Phi) is 6.44. The van der Waals surface area contributed by atoms with E-state index in [0.29, 0.717) is 31.5 Å². The summed E-state index contributed by atoms with van der Waals surface area (Å²) in [5.41, 5.74) is 0.658. The zero-order valence-electron chi connectivity index (χ0n) is 15.9. The molecular formula is C20H23N5O4. The molecule has 3 atom stereocenters. The largest absolute Gasteiger partial charge is 0.350 e. The topological polar surface area (TPSA) is 123 Å². The van der Waals surface area contributed by atoms with E-state index in [1.165, 1.54) is 9.80 Å². The van der Waals surface area contributed by atoms with Gasteiger partial charge in [0.2, 0.25) is 24.1 Å². The maximum Gasteiger partial charge on any atom is 0.246 e. The molecule has 2 saturated heterocycles. The van der Waals surface area contributed by atoms with Crippen molar-refractivity contribution in [1.29, 1.82) is 5.26 Å². The first-order chi connectivity index (χ1) is 14.0. The number of carbonyl (C=O) groups excluding carboxylic acids is 4. The van der Waals surface area contributed by atoms with Crippen LogP contribution in [0.25, 0.3) is 0 Å². The highest BCUT2D eigenvalue weighted by atomic mass is 16.2. The fraction of sp³-hybridized carbons (Fsp3) is 0.450. The number of para-hydroxylation sites is 1. The molecule has 29 heavy (non-hydrogen) atoms. The van der Waals surface area contributed by atoms with E-state index >= 15 is 0 Å². The number of nitrogens with zero attached hydrogens (tertiary/aromatic N) is 3. The molecule has 0 bridgehead atoms. The maximum atomic E-state index is 13.1. The molecule has 0 saturated carbocycles. The van der Waals surface area contributed by atoms with Crippen LogP contribution in [0.4, 0.5) is 5.69 Å². The van der Waals surface area contributed by atoms with Crippen molar-refractivity contribution < 1.29 is 19.2 Å². The normalized spacial score (nSPS) is 23.3. The van der Waals surface area contributed by atoms with E-state index in [0.717, 1.165) is 0 Å². The molecular weight excluding hydrogens is 374 g/mol. The van der Waals surface area contributed by atoms with Gasteiger partial charge in [0, 0.05) is 18.8 Å². The maximum absolute atomic E-state index is 13.1. The molecule has 4 amide bonds. The van der Waals surface area contributed by atoms with Gasteiger partial charge in [0.15, 0.2) is 0 Å². The lowest BCUT2D eigenvalue weighted by Crippen LogP contribution is -2.50. The van der Waals surface area contributed by atoms with Gasteiger partial charge in [-0.3, -0.25) is 19.2 Å². The highest BCUT2D eigenvalue weighted by Gasteiger charge is 2.44. The Morgan fingerprint density at radius 1 is 1.21 bits per heavy atom. The first-order valence-corrected chi connectivity index (χ1v) is 9.57. The zero-order valence-corrected chi connectivity index (χ0v) is 15.9. The number of hydrogen-bond donors (Lipinski definition) is 2. The molecule has 3 rings (SSSR count). The summed E-state index contributed by atoms with van der Waals surface area (Å²) in [4.78, 5) is 51.2. The summed E-state index contributed by atoms with van der Waals surface area (Å²) in [7, 11) is 0. The van der Waals surface area contributed by atoms with E-state index in [-0.39, 0.29) is 37.2 Å². The fourth-order valence-electron chi connectivity index (χ4n) is 3.90. The number of rotatable bonds is 6. The van der Waals surface area contributed by atoms with Crippen molar-refractivity contribution in [1.82, 2.24) is 15.1 Å². The fourth-order valence-corrected chi connectivity index (χ4v) is 3.90. The summed E-state index contributed by atoms with van der Waals surface area (Å²) in [6, 6.07) is 9.74. The first-order valence-electron chi connectivity index (χ1n) is 9.57. The molecule has 3 unspecified atom stereocenters. The summed E-state index contributed by atoms with van der Waals surface area (Å²) in [6.07, 6.45) is 1.87. The van der Waals surface area contributed by atoms with E-state index in [2.05, 4.69) is 16.7 Å². The van der Waals surface area contributed by atoms with Gasteiger partial charge in [-0.1, -0.05) is 18.2 Å². The van der Waals surface area contributed by atoms with Crippen molar-refractivity contribution >= 4 is 29.8 Å². The molecule has 2 fully saturated rings. The zero-order chi connectivity index (χ0) is 20.8. The van der Waals surface area contributed by atoms with Crippen LogP contribution in [0.5, 0.6) is 0 Å². The summed E-state index contributed by atoms with van der Waals surface area (Å²) in [6.45, 7) is 0.399. The number of likely N-dealkylation sites (tertiary alicyclic amines) is 2. The molecule has 1 aromatic rings. The Morgan fingerprint density at radius 2 is 1.97 bits per heavy atom. The van der Waals surface area contributed by atoms with E-state index in [1.807, 2.05) is 18.2 Å².